The van der Waals surface area contributed by atoms with Gasteiger partial charge in [-0.3, -0.25) is 9.59 Å². The lowest BCUT2D eigenvalue weighted by Crippen LogP contribution is -2.17. The summed E-state index contributed by atoms with van der Waals surface area (Å²) in [5, 5.41) is 13.7. The van der Waals surface area contributed by atoms with Gasteiger partial charge in [0, 0.05) is 18.0 Å². The second kappa shape index (κ2) is 6.22. The second-order valence-electron chi connectivity index (χ2n) is 3.37. The first-order valence-electron chi connectivity index (χ1n) is 5.05. The Bertz CT molecular complexity index is 351. The maximum absolute atomic E-state index is 11.4. The van der Waals surface area contributed by atoms with Gasteiger partial charge >= 0.3 is 5.97 Å². The van der Waals surface area contributed by atoms with E-state index < -0.39 is 11.9 Å². The molecule has 1 aromatic rings. The summed E-state index contributed by atoms with van der Waals surface area (Å²) in [6, 6.07) is 0. The predicted molar refractivity (Wildman–Crippen MR) is 61.4 cm³/mol. The van der Waals surface area contributed by atoms with Crippen molar-refractivity contribution in [3.8, 4) is 0 Å². The van der Waals surface area contributed by atoms with Gasteiger partial charge in [0.25, 0.3) is 0 Å². The van der Waals surface area contributed by atoms with Crippen molar-refractivity contribution in [2.24, 2.45) is 5.92 Å². The van der Waals surface area contributed by atoms with Gasteiger partial charge < -0.3 is 10.4 Å². The molecule has 0 saturated heterocycles. The Morgan fingerprint density at radius 3 is 2.88 bits per heavy atom. The zero-order valence-corrected chi connectivity index (χ0v) is 9.79. The van der Waals surface area contributed by atoms with Crippen molar-refractivity contribution in [1.29, 1.82) is 0 Å². The number of aromatic nitrogens is 1. The third kappa shape index (κ3) is 3.98. The Kier molecular flexibility index (Phi) is 4.91. The molecule has 2 N–H and O–H groups in total. The number of carbonyl (C=O) groups excluding carboxylic acids is 1. The molecule has 0 saturated carbocycles. The monoisotopic (exact) mass is 242 g/mol. The quantitative estimate of drug-likeness (QED) is 0.799. The van der Waals surface area contributed by atoms with E-state index in [9.17, 15) is 9.59 Å². The molecular formula is C10H14N2O3S. The summed E-state index contributed by atoms with van der Waals surface area (Å²) in [7, 11) is 0. The van der Waals surface area contributed by atoms with Crippen LogP contribution in [0.15, 0.2) is 11.6 Å². The van der Waals surface area contributed by atoms with E-state index in [1.54, 1.807) is 18.5 Å². The molecule has 1 amide bonds. The fourth-order valence-corrected chi connectivity index (χ4v) is 1.82. The van der Waals surface area contributed by atoms with Gasteiger partial charge in [0.05, 0.1) is 5.92 Å². The number of rotatable bonds is 6. The van der Waals surface area contributed by atoms with E-state index in [1.165, 1.54) is 11.3 Å². The first-order valence-corrected chi connectivity index (χ1v) is 5.93. The summed E-state index contributed by atoms with van der Waals surface area (Å²) in [6.45, 7) is 1.80. The molecule has 0 aromatic carbocycles. The number of aliphatic carboxylic acids is 1. The first-order chi connectivity index (χ1) is 7.63. The van der Waals surface area contributed by atoms with Crippen LogP contribution in [-0.4, -0.2) is 22.0 Å². The Morgan fingerprint density at radius 2 is 2.38 bits per heavy atom. The summed E-state index contributed by atoms with van der Waals surface area (Å²) >= 11 is 1.34. The van der Waals surface area contributed by atoms with Crippen molar-refractivity contribution in [3.63, 3.8) is 0 Å². The second-order valence-corrected chi connectivity index (χ2v) is 4.26. The zero-order chi connectivity index (χ0) is 12.0. The minimum absolute atomic E-state index is 0.186. The average molecular weight is 242 g/mol. The van der Waals surface area contributed by atoms with Crippen molar-refractivity contribution in [1.82, 2.24) is 4.98 Å². The number of carboxylic acid groups (broad SMARTS) is 1. The summed E-state index contributed by atoms with van der Waals surface area (Å²) in [6.07, 6.45) is 2.72. The smallest absolute Gasteiger partial charge is 0.306 e. The molecule has 0 aliphatic heterocycles. The Balaban J connectivity index is 2.32. The van der Waals surface area contributed by atoms with Gasteiger partial charge in [-0.15, -0.1) is 11.3 Å². The molecule has 6 heteroatoms. The topological polar surface area (TPSA) is 79.3 Å². The highest BCUT2D eigenvalue weighted by Gasteiger charge is 2.16. The van der Waals surface area contributed by atoms with Crippen LogP contribution in [0.5, 0.6) is 0 Å². The molecule has 1 aromatic heterocycles. The first kappa shape index (κ1) is 12.6. The van der Waals surface area contributed by atoms with Crippen LogP contribution in [0.25, 0.3) is 0 Å². The number of hydrogen-bond acceptors (Lipinski definition) is 4. The lowest BCUT2D eigenvalue weighted by Gasteiger charge is -2.08. The zero-order valence-electron chi connectivity index (χ0n) is 8.97. The summed E-state index contributed by atoms with van der Waals surface area (Å²) < 4.78 is 0. The SMILES string of the molecule is CCC(CCC(=O)Nc1nccs1)C(=O)O. The van der Waals surface area contributed by atoms with E-state index in [1.807, 2.05) is 0 Å². The van der Waals surface area contributed by atoms with Gasteiger partial charge in [0.15, 0.2) is 5.13 Å². The molecule has 1 rings (SSSR count). The maximum atomic E-state index is 11.4. The molecule has 88 valence electrons. The van der Waals surface area contributed by atoms with Crippen molar-refractivity contribution in [2.75, 3.05) is 5.32 Å². The fourth-order valence-electron chi connectivity index (χ4n) is 1.27. The molecule has 0 fully saturated rings. The molecule has 1 heterocycles. The number of thiazole rings is 1. The molecule has 0 bridgehead atoms. The highest BCUT2D eigenvalue weighted by molar-refractivity contribution is 7.13. The minimum atomic E-state index is -0.843. The fraction of sp³-hybridized carbons (Fsp3) is 0.500. The van der Waals surface area contributed by atoms with Crippen molar-refractivity contribution >= 4 is 28.3 Å². The molecule has 16 heavy (non-hydrogen) atoms. The van der Waals surface area contributed by atoms with E-state index >= 15 is 0 Å². The molecule has 0 spiro atoms. The summed E-state index contributed by atoms with van der Waals surface area (Å²) in [5.74, 6) is -1.47. The van der Waals surface area contributed by atoms with Gasteiger partial charge in [0.2, 0.25) is 5.91 Å². The van der Waals surface area contributed by atoms with Crippen molar-refractivity contribution in [3.05, 3.63) is 11.6 Å². The van der Waals surface area contributed by atoms with Gasteiger partial charge in [-0.25, -0.2) is 4.98 Å². The van der Waals surface area contributed by atoms with Crippen LogP contribution in [0.2, 0.25) is 0 Å². The van der Waals surface area contributed by atoms with E-state index in [0.29, 0.717) is 18.0 Å². The van der Waals surface area contributed by atoms with Crippen LogP contribution in [0.3, 0.4) is 0 Å². The standard InChI is InChI=1S/C10H14N2O3S/c1-2-7(9(14)15)3-4-8(13)12-10-11-5-6-16-10/h5-7H,2-4H2,1H3,(H,14,15)(H,11,12,13). The average Bonchev–Trinajstić information content (AvgIpc) is 2.70. The van der Waals surface area contributed by atoms with Crippen molar-refractivity contribution in [2.45, 2.75) is 26.2 Å². The number of carboxylic acids is 1. The Morgan fingerprint density at radius 1 is 1.62 bits per heavy atom. The Labute approximate surface area is 97.5 Å². The van der Waals surface area contributed by atoms with Crippen LogP contribution in [0.1, 0.15) is 26.2 Å². The number of nitrogens with zero attached hydrogens (tertiary/aromatic N) is 1. The molecule has 0 aliphatic rings. The molecule has 5 nitrogen and oxygen atoms in total. The molecule has 1 atom stereocenters. The highest BCUT2D eigenvalue weighted by atomic mass is 32.1. The number of nitrogens with one attached hydrogen (secondary N) is 1. The molecular weight excluding hydrogens is 228 g/mol. The third-order valence-corrected chi connectivity index (χ3v) is 2.93. The maximum Gasteiger partial charge on any atom is 0.306 e. The van der Waals surface area contributed by atoms with Gasteiger partial charge in [-0.05, 0) is 12.8 Å². The van der Waals surface area contributed by atoms with E-state index in [4.69, 9.17) is 5.11 Å². The van der Waals surface area contributed by atoms with Crippen LogP contribution in [0, 0.1) is 5.92 Å². The van der Waals surface area contributed by atoms with Crippen LogP contribution >= 0.6 is 11.3 Å². The lowest BCUT2D eigenvalue weighted by atomic mass is 10.0. The number of amides is 1. The van der Waals surface area contributed by atoms with Gasteiger partial charge in [-0.2, -0.15) is 0 Å². The largest absolute Gasteiger partial charge is 0.481 e. The summed E-state index contributed by atoms with van der Waals surface area (Å²) in [5.41, 5.74) is 0. The lowest BCUT2D eigenvalue weighted by molar-refractivity contribution is -0.142. The Hall–Kier alpha value is -1.43. The van der Waals surface area contributed by atoms with Crippen LogP contribution < -0.4 is 5.32 Å². The normalized spacial score (nSPS) is 12.1. The number of anilines is 1. The van der Waals surface area contributed by atoms with Crippen LogP contribution in [0.4, 0.5) is 5.13 Å². The number of hydrogen-bond donors (Lipinski definition) is 2. The van der Waals surface area contributed by atoms with E-state index in [-0.39, 0.29) is 12.3 Å². The van der Waals surface area contributed by atoms with E-state index in [0.717, 1.165) is 0 Å². The minimum Gasteiger partial charge on any atom is -0.481 e. The van der Waals surface area contributed by atoms with Crippen LogP contribution in [-0.2, 0) is 9.59 Å². The number of carbonyl (C=O) groups is 2. The predicted octanol–water partition coefficient (Wildman–Crippen LogP) is 1.97. The van der Waals surface area contributed by atoms with Gasteiger partial charge in [-0.1, -0.05) is 6.92 Å². The highest BCUT2D eigenvalue weighted by Crippen LogP contribution is 2.14. The van der Waals surface area contributed by atoms with E-state index in [2.05, 4.69) is 10.3 Å². The van der Waals surface area contributed by atoms with Gasteiger partial charge in [0.1, 0.15) is 0 Å². The summed E-state index contributed by atoms with van der Waals surface area (Å²) in [4.78, 5) is 26.0. The third-order valence-electron chi connectivity index (χ3n) is 2.24. The molecule has 0 aliphatic carbocycles. The molecule has 1 unspecified atom stereocenters. The molecule has 0 radical (unpaired) electrons. The van der Waals surface area contributed by atoms with Crippen molar-refractivity contribution < 1.29 is 14.7 Å².